The molecular formula is C21H21N2O7S-. The molecule has 0 saturated carbocycles. The van der Waals surface area contributed by atoms with Crippen molar-refractivity contribution in [2.75, 3.05) is 36.1 Å². The minimum atomic E-state index is -2.78. The van der Waals surface area contributed by atoms with Crippen molar-refractivity contribution in [2.24, 2.45) is 0 Å². The summed E-state index contributed by atoms with van der Waals surface area (Å²) in [5.74, 6) is -0.122. The highest BCUT2D eigenvalue weighted by atomic mass is 32.2. The summed E-state index contributed by atoms with van der Waals surface area (Å²) in [5, 5.41) is 0. The normalized spacial score (nSPS) is 21.2. The number of nitrogens with zero attached hydrogens (tertiary/aromatic N) is 2. The molecule has 31 heavy (non-hydrogen) atoms. The Hall–Kier alpha value is -2.79. The number of amides is 2. The van der Waals surface area contributed by atoms with E-state index in [9.17, 15) is 18.4 Å². The van der Waals surface area contributed by atoms with Gasteiger partial charge in [-0.15, -0.1) is 0 Å². The topological polar surface area (TPSA) is 108 Å². The van der Waals surface area contributed by atoms with Crippen LogP contribution in [0.5, 0.6) is 0 Å². The smallest absolute Gasteiger partial charge is 0.414 e. The standard InChI is InChI=1S/C21H22N2O7S/c1-14-2-4-15(5-3-14)20(30-31(26)27)18-12-23(21(25)29-18)17-8-6-16(7-9-17)22-10-11-28-13-19(22)24/h2-9,18,20H,10-13H2,1H3,(H,26,27)/p-1/t18-,20?/m1/s1. The van der Waals surface area contributed by atoms with Gasteiger partial charge < -0.3 is 18.9 Å². The van der Waals surface area contributed by atoms with Crippen LogP contribution in [0.4, 0.5) is 16.2 Å². The SMILES string of the molecule is Cc1ccc(C(OS(=O)[O-])[C@H]2CN(c3ccc(N4CCOCC4=O)cc3)C(=O)O2)cc1. The molecule has 2 aliphatic rings. The molecule has 2 saturated heterocycles. The second-order valence-corrected chi connectivity index (χ2v) is 7.88. The molecule has 2 amide bonds. The van der Waals surface area contributed by atoms with E-state index in [1.165, 1.54) is 4.90 Å². The molecule has 2 aromatic rings. The average molecular weight is 445 g/mol. The van der Waals surface area contributed by atoms with E-state index in [1.54, 1.807) is 41.3 Å². The molecule has 3 atom stereocenters. The Labute approximate surface area is 182 Å². The van der Waals surface area contributed by atoms with Gasteiger partial charge >= 0.3 is 6.09 Å². The number of benzene rings is 2. The van der Waals surface area contributed by atoms with E-state index in [2.05, 4.69) is 0 Å². The van der Waals surface area contributed by atoms with Crippen molar-refractivity contribution < 1.29 is 32.0 Å². The predicted octanol–water partition coefficient (Wildman–Crippen LogP) is 2.24. The van der Waals surface area contributed by atoms with Crippen LogP contribution in [0.25, 0.3) is 0 Å². The maximum atomic E-state index is 12.5. The monoisotopic (exact) mass is 445 g/mol. The molecule has 2 unspecified atom stereocenters. The van der Waals surface area contributed by atoms with Gasteiger partial charge in [0.1, 0.15) is 12.7 Å². The molecule has 0 aliphatic carbocycles. The summed E-state index contributed by atoms with van der Waals surface area (Å²) in [6.07, 6.45) is -2.37. The van der Waals surface area contributed by atoms with Gasteiger partial charge in [-0.25, -0.2) is 9.00 Å². The Morgan fingerprint density at radius 3 is 2.32 bits per heavy atom. The predicted molar refractivity (Wildman–Crippen MR) is 111 cm³/mol. The molecule has 2 aromatic carbocycles. The lowest BCUT2D eigenvalue weighted by atomic mass is 10.0. The average Bonchev–Trinajstić information content (AvgIpc) is 3.14. The lowest BCUT2D eigenvalue weighted by Crippen LogP contribution is -2.41. The van der Waals surface area contributed by atoms with Crippen LogP contribution in [0.3, 0.4) is 0 Å². The number of cyclic esters (lactones) is 1. The fourth-order valence-corrected chi connectivity index (χ4v) is 4.03. The van der Waals surface area contributed by atoms with Gasteiger partial charge in [-0.3, -0.25) is 13.9 Å². The Morgan fingerprint density at radius 1 is 1.06 bits per heavy atom. The summed E-state index contributed by atoms with van der Waals surface area (Å²) in [5.41, 5.74) is 2.89. The lowest BCUT2D eigenvalue weighted by molar-refractivity contribution is -0.125. The Balaban J connectivity index is 1.51. The van der Waals surface area contributed by atoms with Crippen molar-refractivity contribution in [3.8, 4) is 0 Å². The fourth-order valence-electron chi connectivity index (χ4n) is 3.63. The molecule has 0 spiro atoms. The first kappa shape index (κ1) is 21.4. The number of carbonyl (C=O) groups is 2. The lowest BCUT2D eigenvalue weighted by Gasteiger charge is -2.27. The van der Waals surface area contributed by atoms with Crippen LogP contribution in [0, 0.1) is 6.92 Å². The molecule has 9 nitrogen and oxygen atoms in total. The summed E-state index contributed by atoms with van der Waals surface area (Å²) in [4.78, 5) is 27.6. The maximum absolute atomic E-state index is 12.5. The molecule has 2 fully saturated rings. The van der Waals surface area contributed by atoms with Gasteiger partial charge in [0.15, 0.2) is 6.10 Å². The summed E-state index contributed by atoms with van der Waals surface area (Å²) >= 11 is -2.78. The third-order valence-electron chi connectivity index (χ3n) is 5.22. The number of aryl methyl sites for hydroxylation is 1. The highest BCUT2D eigenvalue weighted by molar-refractivity contribution is 7.74. The molecule has 0 bridgehead atoms. The summed E-state index contributed by atoms with van der Waals surface area (Å²) in [6.45, 7) is 3.01. The zero-order valence-corrected chi connectivity index (χ0v) is 17.6. The van der Waals surface area contributed by atoms with Gasteiger partial charge in [-0.05, 0) is 36.8 Å². The van der Waals surface area contributed by atoms with Crippen molar-refractivity contribution in [3.05, 3.63) is 59.7 Å². The minimum absolute atomic E-state index is 0.0450. The van der Waals surface area contributed by atoms with Gasteiger partial charge in [-0.1, -0.05) is 29.8 Å². The van der Waals surface area contributed by atoms with E-state index in [0.29, 0.717) is 30.1 Å². The number of anilines is 2. The first-order valence-corrected chi connectivity index (χ1v) is 10.7. The van der Waals surface area contributed by atoms with Crippen molar-refractivity contribution in [1.29, 1.82) is 0 Å². The van der Waals surface area contributed by atoms with Gasteiger partial charge in [0.2, 0.25) is 0 Å². The summed E-state index contributed by atoms with van der Waals surface area (Å²) in [6, 6.07) is 14.1. The number of hydrogen-bond acceptors (Lipinski definition) is 7. The molecule has 0 radical (unpaired) electrons. The van der Waals surface area contributed by atoms with Crippen LogP contribution in [0.1, 0.15) is 17.2 Å². The third kappa shape index (κ3) is 4.77. The Kier molecular flexibility index (Phi) is 6.33. The van der Waals surface area contributed by atoms with Crippen molar-refractivity contribution >= 4 is 34.7 Å². The molecule has 0 aromatic heterocycles. The zero-order chi connectivity index (χ0) is 22.0. The second kappa shape index (κ2) is 9.15. The molecule has 2 heterocycles. The number of hydrogen-bond donors (Lipinski definition) is 0. The van der Waals surface area contributed by atoms with Crippen LogP contribution < -0.4 is 9.80 Å². The Morgan fingerprint density at radius 2 is 1.71 bits per heavy atom. The van der Waals surface area contributed by atoms with E-state index in [4.69, 9.17) is 13.7 Å². The number of rotatable bonds is 6. The molecule has 164 valence electrons. The van der Waals surface area contributed by atoms with Gasteiger partial charge in [0, 0.05) is 17.9 Å². The Bertz CT molecular complexity index is 980. The minimum Gasteiger partial charge on any atom is -0.750 e. The number of ether oxygens (including phenoxy) is 2. The molecular weight excluding hydrogens is 424 g/mol. The van der Waals surface area contributed by atoms with Gasteiger partial charge in [-0.2, -0.15) is 0 Å². The largest absolute Gasteiger partial charge is 0.750 e. The number of morpholine rings is 1. The van der Waals surface area contributed by atoms with Crippen LogP contribution >= 0.6 is 0 Å². The van der Waals surface area contributed by atoms with E-state index in [1.807, 2.05) is 19.1 Å². The maximum Gasteiger partial charge on any atom is 0.414 e. The number of carbonyl (C=O) groups excluding carboxylic acids is 2. The van der Waals surface area contributed by atoms with E-state index in [-0.39, 0.29) is 19.1 Å². The van der Waals surface area contributed by atoms with E-state index >= 15 is 0 Å². The van der Waals surface area contributed by atoms with Crippen molar-refractivity contribution in [2.45, 2.75) is 19.1 Å². The molecule has 0 N–H and O–H groups in total. The van der Waals surface area contributed by atoms with Crippen LogP contribution in [0.15, 0.2) is 48.5 Å². The molecule has 4 rings (SSSR count). The van der Waals surface area contributed by atoms with Crippen LogP contribution in [0.2, 0.25) is 0 Å². The van der Waals surface area contributed by atoms with Crippen molar-refractivity contribution in [1.82, 2.24) is 0 Å². The van der Waals surface area contributed by atoms with Crippen LogP contribution in [-0.2, 0) is 29.8 Å². The summed E-state index contributed by atoms with van der Waals surface area (Å²) in [7, 11) is 0. The fraction of sp³-hybridized carbons (Fsp3) is 0.333. The second-order valence-electron chi connectivity index (χ2n) is 7.28. The first-order valence-electron chi connectivity index (χ1n) is 9.71. The van der Waals surface area contributed by atoms with Gasteiger partial charge in [0.25, 0.3) is 5.91 Å². The molecule has 2 aliphatic heterocycles. The zero-order valence-electron chi connectivity index (χ0n) is 16.8. The van der Waals surface area contributed by atoms with Crippen molar-refractivity contribution in [3.63, 3.8) is 0 Å². The quantitative estimate of drug-likeness (QED) is 0.628. The van der Waals surface area contributed by atoms with Gasteiger partial charge in [0.05, 0.1) is 24.5 Å². The van der Waals surface area contributed by atoms with E-state index in [0.717, 1.165) is 5.56 Å². The van der Waals surface area contributed by atoms with Crippen LogP contribution in [-0.4, -0.2) is 53.2 Å². The highest BCUT2D eigenvalue weighted by Gasteiger charge is 2.39. The molecule has 10 heteroatoms. The highest BCUT2D eigenvalue weighted by Crippen LogP contribution is 2.32. The third-order valence-corrected chi connectivity index (χ3v) is 5.58. The van der Waals surface area contributed by atoms with E-state index < -0.39 is 29.7 Å². The summed E-state index contributed by atoms with van der Waals surface area (Å²) < 4.78 is 38.1. The first-order chi connectivity index (χ1) is 14.9.